The normalized spacial score (nSPS) is 11.2. The number of nitrogens with zero attached hydrogens (tertiary/aromatic N) is 2. The van der Waals surface area contributed by atoms with Gasteiger partial charge in [-0.25, -0.2) is 19.1 Å². The number of halogens is 1. The summed E-state index contributed by atoms with van der Waals surface area (Å²) < 4.78 is 53.0. The van der Waals surface area contributed by atoms with Gasteiger partial charge in [-0.1, -0.05) is 23.8 Å². The summed E-state index contributed by atoms with van der Waals surface area (Å²) in [7, 11) is -3.00. The number of aryl methyl sites for hydroxylation is 3. The summed E-state index contributed by atoms with van der Waals surface area (Å²) >= 11 is 0. The molecule has 2 aromatic heterocycles. The van der Waals surface area contributed by atoms with Crippen LogP contribution in [0.3, 0.4) is 0 Å². The molecule has 0 aliphatic rings. The van der Waals surface area contributed by atoms with Crippen LogP contribution in [0.15, 0.2) is 65.7 Å². The molecule has 0 aliphatic carbocycles. The highest BCUT2D eigenvalue weighted by atomic mass is 32.2. The topological polar surface area (TPSA) is 134 Å². The molecule has 0 fully saturated rings. The molecule has 3 N–H and O–H groups in total. The van der Waals surface area contributed by atoms with E-state index in [-0.39, 0.29) is 27.3 Å². The van der Waals surface area contributed by atoms with Gasteiger partial charge in [0.25, 0.3) is 15.9 Å². The number of nitrogen functional groups attached to an aromatic ring is 1. The second kappa shape index (κ2) is 10.5. The fraction of sp³-hybridized carbons (Fsp3) is 0.148. The lowest BCUT2D eigenvalue weighted by Gasteiger charge is -2.16. The van der Waals surface area contributed by atoms with Gasteiger partial charge in [0.1, 0.15) is 17.1 Å². The SMILES string of the molecule is COc1ccc(-c2ccc(C(=O)NS(=O)(=O)c3cccc(N)n3)c(Oc3c(C)cc(C)cc3C)n2)cc1F.[HH].[HH].[HH]. The summed E-state index contributed by atoms with van der Waals surface area (Å²) in [5.74, 6) is -1.26. The molecule has 9 nitrogen and oxygen atoms in total. The van der Waals surface area contributed by atoms with E-state index in [1.807, 2.05) is 37.6 Å². The maximum atomic E-state index is 14.4. The smallest absolute Gasteiger partial charge is 0.281 e. The number of pyridine rings is 2. The van der Waals surface area contributed by atoms with Crippen LogP contribution in [0.25, 0.3) is 11.3 Å². The number of amides is 1. The van der Waals surface area contributed by atoms with Gasteiger partial charge in [-0.3, -0.25) is 4.79 Å². The molecular formula is C27H31FN4O5S. The molecule has 2 heterocycles. The molecule has 0 unspecified atom stereocenters. The molecule has 4 aromatic rings. The number of nitrogens with one attached hydrogen (secondary N) is 1. The number of sulfonamides is 1. The number of hydrogen-bond acceptors (Lipinski definition) is 8. The summed E-state index contributed by atoms with van der Waals surface area (Å²) in [5.41, 5.74) is 8.71. The first-order chi connectivity index (χ1) is 18.0. The van der Waals surface area contributed by atoms with Crippen molar-refractivity contribution in [3.05, 3.63) is 88.7 Å². The summed E-state index contributed by atoms with van der Waals surface area (Å²) in [5, 5.41) is -0.420. The van der Waals surface area contributed by atoms with Crippen LogP contribution in [0, 0.1) is 26.6 Å². The minimum absolute atomic E-state index is 0. The zero-order chi connectivity index (χ0) is 27.6. The van der Waals surface area contributed by atoms with E-state index in [0.29, 0.717) is 17.0 Å². The van der Waals surface area contributed by atoms with E-state index in [0.717, 1.165) is 16.7 Å². The first kappa shape index (κ1) is 26.6. The first-order valence-electron chi connectivity index (χ1n) is 11.4. The molecule has 4 rings (SSSR count). The second-order valence-electron chi connectivity index (χ2n) is 8.56. The highest BCUT2D eigenvalue weighted by Gasteiger charge is 2.25. The van der Waals surface area contributed by atoms with Gasteiger partial charge < -0.3 is 15.2 Å². The number of carbonyl (C=O) groups is 1. The maximum Gasteiger partial charge on any atom is 0.281 e. The Bertz CT molecular complexity index is 1650. The molecule has 1 amide bonds. The van der Waals surface area contributed by atoms with Crippen molar-refractivity contribution in [3.8, 4) is 28.6 Å². The van der Waals surface area contributed by atoms with E-state index in [2.05, 4.69) is 9.97 Å². The van der Waals surface area contributed by atoms with E-state index >= 15 is 0 Å². The van der Waals surface area contributed by atoms with E-state index in [9.17, 15) is 17.6 Å². The number of methoxy groups -OCH3 is 1. The van der Waals surface area contributed by atoms with Gasteiger partial charge in [-0.2, -0.15) is 8.42 Å². The largest absolute Gasteiger partial charge is 0.494 e. The van der Waals surface area contributed by atoms with Crippen LogP contribution in [0.2, 0.25) is 0 Å². The monoisotopic (exact) mass is 542 g/mol. The molecule has 0 atom stereocenters. The van der Waals surface area contributed by atoms with E-state index in [1.54, 1.807) is 6.07 Å². The standard InChI is InChI=1S/C27H25FN4O5S.3H2/c1-15-12-16(2)25(17(3)13-15)37-27-19(26(33)32-38(34,35)24-7-5-6-23(29)31-24)9-10-21(30-27)18-8-11-22(36-4)20(28)14-18;;;/h5-14H,1-4H3,(H2,29,31)(H,32,33);3*1H. The molecule has 11 heteroatoms. The molecule has 38 heavy (non-hydrogen) atoms. The molecule has 0 radical (unpaired) electrons. The lowest BCUT2D eigenvalue weighted by molar-refractivity contribution is 0.0978. The Hall–Kier alpha value is -4.51. The average Bonchev–Trinajstić information content (AvgIpc) is 2.85. The number of aromatic nitrogens is 2. The third kappa shape index (κ3) is 5.57. The summed E-state index contributed by atoms with van der Waals surface area (Å²) in [6, 6.07) is 15.0. The number of carbonyl (C=O) groups excluding carboxylic acids is 1. The Morgan fingerprint density at radius 3 is 2.34 bits per heavy atom. The molecule has 0 bridgehead atoms. The average molecular weight is 543 g/mol. The molecular weight excluding hydrogens is 511 g/mol. The minimum Gasteiger partial charge on any atom is -0.494 e. The van der Waals surface area contributed by atoms with Gasteiger partial charge in [0, 0.05) is 9.84 Å². The molecule has 202 valence electrons. The Morgan fingerprint density at radius 2 is 1.71 bits per heavy atom. The summed E-state index contributed by atoms with van der Waals surface area (Å²) in [4.78, 5) is 21.4. The van der Waals surface area contributed by atoms with Crippen LogP contribution in [0.1, 0.15) is 31.3 Å². The summed E-state index contributed by atoms with van der Waals surface area (Å²) in [6.07, 6.45) is 0. The molecule has 0 aliphatic heterocycles. The predicted octanol–water partition coefficient (Wildman–Crippen LogP) is 5.45. The van der Waals surface area contributed by atoms with Gasteiger partial charge in [0.05, 0.1) is 12.8 Å². The zero-order valence-electron chi connectivity index (χ0n) is 21.1. The van der Waals surface area contributed by atoms with E-state index in [4.69, 9.17) is 15.2 Å². The van der Waals surface area contributed by atoms with Crippen molar-refractivity contribution in [1.29, 1.82) is 0 Å². The van der Waals surface area contributed by atoms with Gasteiger partial charge in [-0.15, -0.1) is 0 Å². The van der Waals surface area contributed by atoms with Crippen molar-refractivity contribution in [2.45, 2.75) is 25.8 Å². The minimum atomic E-state index is -4.35. The number of anilines is 1. The maximum absolute atomic E-state index is 14.4. The van der Waals surface area contributed by atoms with Crippen LogP contribution >= 0.6 is 0 Å². The van der Waals surface area contributed by atoms with Crippen molar-refractivity contribution in [2.24, 2.45) is 0 Å². The first-order valence-corrected chi connectivity index (χ1v) is 12.9. The predicted molar refractivity (Wildman–Crippen MR) is 147 cm³/mol. The second-order valence-corrected chi connectivity index (χ2v) is 10.2. The Morgan fingerprint density at radius 1 is 1.00 bits per heavy atom. The van der Waals surface area contributed by atoms with E-state index in [1.165, 1.54) is 49.6 Å². The number of rotatable bonds is 7. The van der Waals surface area contributed by atoms with Crippen molar-refractivity contribution >= 4 is 21.7 Å². The van der Waals surface area contributed by atoms with Crippen LogP contribution in [0.4, 0.5) is 10.2 Å². The lowest BCUT2D eigenvalue weighted by Crippen LogP contribution is -2.31. The fourth-order valence-electron chi connectivity index (χ4n) is 3.91. The van der Waals surface area contributed by atoms with Crippen LogP contribution < -0.4 is 19.9 Å². The van der Waals surface area contributed by atoms with Crippen molar-refractivity contribution in [2.75, 3.05) is 12.8 Å². The van der Waals surface area contributed by atoms with Gasteiger partial charge in [0.15, 0.2) is 16.6 Å². The van der Waals surface area contributed by atoms with Gasteiger partial charge in [-0.05, 0) is 74.4 Å². The number of benzene rings is 2. The number of hydrogen-bond donors (Lipinski definition) is 2. The van der Waals surface area contributed by atoms with Crippen molar-refractivity contribution < 1.29 is 31.4 Å². The van der Waals surface area contributed by atoms with Crippen molar-refractivity contribution in [3.63, 3.8) is 0 Å². The molecule has 2 aromatic carbocycles. The van der Waals surface area contributed by atoms with Gasteiger partial charge >= 0.3 is 0 Å². The molecule has 0 saturated carbocycles. The zero-order valence-corrected chi connectivity index (χ0v) is 21.9. The van der Waals surface area contributed by atoms with Crippen LogP contribution in [-0.2, 0) is 10.0 Å². The Balaban J connectivity index is 0.00000280. The number of ether oxygens (including phenoxy) is 2. The van der Waals surface area contributed by atoms with Crippen LogP contribution in [-0.4, -0.2) is 31.4 Å². The quantitative estimate of drug-likeness (QED) is 0.315. The highest BCUT2D eigenvalue weighted by Crippen LogP contribution is 2.33. The van der Waals surface area contributed by atoms with Crippen LogP contribution in [0.5, 0.6) is 17.4 Å². The molecule has 0 spiro atoms. The Kier molecular flexibility index (Phi) is 7.31. The molecule has 0 saturated heterocycles. The Labute approximate surface area is 224 Å². The van der Waals surface area contributed by atoms with Gasteiger partial charge in [0.2, 0.25) is 5.88 Å². The lowest BCUT2D eigenvalue weighted by atomic mass is 10.1. The van der Waals surface area contributed by atoms with E-state index < -0.39 is 26.8 Å². The third-order valence-corrected chi connectivity index (χ3v) is 6.84. The fourth-order valence-corrected chi connectivity index (χ4v) is 4.85. The highest BCUT2D eigenvalue weighted by molar-refractivity contribution is 7.90. The van der Waals surface area contributed by atoms with Crippen molar-refractivity contribution in [1.82, 2.24) is 14.7 Å². The third-order valence-electron chi connectivity index (χ3n) is 5.60. The summed E-state index contributed by atoms with van der Waals surface area (Å²) in [6.45, 7) is 5.62. The number of nitrogens with two attached hydrogens (primary N) is 1.